The van der Waals surface area contributed by atoms with E-state index in [0.29, 0.717) is 5.57 Å². The van der Waals surface area contributed by atoms with E-state index in [-0.39, 0.29) is 34.6 Å². The maximum atomic E-state index is 13.0. The van der Waals surface area contributed by atoms with Crippen LogP contribution in [0.25, 0.3) is 0 Å². The molecule has 3 atom stereocenters. The van der Waals surface area contributed by atoms with E-state index >= 15 is 0 Å². The molecule has 3 nitrogen and oxygen atoms in total. The molecule has 0 N–H and O–H groups in total. The summed E-state index contributed by atoms with van der Waals surface area (Å²) in [6, 6.07) is 0. The van der Waals surface area contributed by atoms with Gasteiger partial charge in [-0.15, -0.1) is 0 Å². The van der Waals surface area contributed by atoms with Crippen molar-refractivity contribution in [1.29, 1.82) is 0 Å². The largest absolute Gasteiger partial charge is 0.299 e. The monoisotopic (exact) mass is 312 g/mol. The van der Waals surface area contributed by atoms with Gasteiger partial charge in [-0.05, 0) is 48.8 Å². The van der Waals surface area contributed by atoms with E-state index in [2.05, 4.69) is 19.9 Å². The SMILES string of the molecule is C[C@H]1CC=C2[C@@H](CCCC2(C)C)[C@H](C2=CC(=O)C=CC2=O)C1=O. The van der Waals surface area contributed by atoms with Gasteiger partial charge in [0.1, 0.15) is 5.78 Å². The first-order chi connectivity index (χ1) is 10.8. The van der Waals surface area contributed by atoms with Crippen LogP contribution < -0.4 is 0 Å². The van der Waals surface area contributed by atoms with Gasteiger partial charge in [-0.3, -0.25) is 14.4 Å². The van der Waals surface area contributed by atoms with Gasteiger partial charge in [0.05, 0.1) is 5.92 Å². The highest BCUT2D eigenvalue weighted by atomic mass is 16.1. The molecule has 0 bridgehead atoms. The third kappa shape index (κ3) is 2.77. The average molecular weight is 312 g/mol. The van der Waals surface area contributed by atoms with Crippen LogP contribution in [0.2, 0.25) is 0 Å². The molecule has 1 fully saturated rings. The van der Waals surface area contributed by atoms with E-state index in [0.717, 1.165) is 25.7 Å². The van der Waals surface area contributed by atoms with Crippen LogP contribution in [0.1, 0.15) is 46.5 Å². The summed E-state index contributed by atoms with van der Waals surface area (Å²) in [6.07, 6.45) is 10.0. The minimum Gasteiger partial charge on any atom is -0.299 e. The number of Topliss-reactive ketones (excluding diaryl/α,β-unsaturated/α-hetero) is 1. The molecule has 23 heavy (non-hydrogen) atoms. The first kappa shape index (κ1) is 16.1. The number of ketones is 3. The molecular weight excluding hydrogens is 288 g/mol. The molecule has 0 heterocycles. The highest BCUT2D eigenvalue weighted by Crippen LogP contribution is 2.50. The number of allylic oxidation sites excluding steroid dienone is 6. The van der Waals surface area contributed by atoms with E-state index in [4.69, 9.17) is 0 Å². The van der Waals surface area contributed by atoms with E-state index in [1.54, 1.807) is 0 Å². The fraction of sp³-hybridized carbons (Fsp3) is 0.550. The minimum atomic E-state index is -0.459. The summed E-state index contributed by atoms with van der Waals surface area (Å²) in [6.45, 7) is 6.39. The molecule has 3 aliphatic rings. The van der Waals surface area contributed by atoms with Gasteiger partial charge in [-0.1, -0.05) is 38.8 Å². The van der Waals surface area contributed by atoms with Crippen LogP contribution in [0, 0.1) is 23.2 Å². The third-order valence-electron chi connectivity index (χ3n) is 5.70. The second-order valence-electron chi connectivity index (χ2n) is 7.76. The average Bonchev–Trinajstić information content (AvgIpc) is 2.60. The molecule has 1 saturated carbocycles. The van der Waals surface area contributed by atoms with Crippen LogP contribution in [-0.2, 0) is 14.4 Å². The van der Waals surface area contributed by atoms with Crippen LogP contribution in [0.5, 0.6) is 0 Å². The van der Waals surface area contributed by atoms with Crippen molar-refractivity contribution >= 4 is 17.3 Å². The predicted octanol–water partition coefficient (Wildman–Crippen LogP) is 3.60. The first-order valence-electron chi connectivity index (χ1n) is 8.53. The lowest BCUT2D eigenvalue weighted by molar-refractivity contribution is -0.127. The molecule has 3 heteroatoms. The summed E-state index contributed by atoms with van der Waals surface area (Å²) in [5.41, 5.74) is 1.77. The van der Waals surface area contributed by atoms with Crippen molar-refractivity contribution in [3.8, 4) is 0 Å². The van der Waals surface area contributed by atoms with Gasteiger partial charge in [0.2, 0.25) is 0 Å². The molecule has 0 spiro atoms. The van der Waals surface area contributed by atoms with Crippen LogP contribution in [-0.4, -0.2) is 17.3 Å². The van der Waals surface area contributed by atoms with E-state index < -0.39 is 5.92 Å². The lowest BCUT2D eigenvalue weighted by Gasteiger charge is -2.41. The summed E-state index contributed by atoms with van der Waals surface area (Å²) in [7, 11) is 0. The topological polar surface area (TPSA) is 51.2 Å². The van der Waals surface area contributed by atoms with E-state index in [9.17, 15) is 14.4 Å². The van der Waals surface area contributed by atoms with Crippen molar-refractivity contribution in [3.05, 3.63) is 35.5 Å². The van der Waals surface area contributed by atoms with Crippen molar-refractivity contribution in [2.24, 2.45) is 23.2 Å². The molecule has 0 radical (unpaired) electrons. The minimum absolute atomic E-state index is 0.0592. The summed E-state index contributed by atoms with van der Waals surface area (Å²) >= 11 is 0. The number of carbonyl (C=O) groups excluding carboxylic acids is 3. The maximum absolute atomic E-state index is 13.0. The van der Waals surface area contributed by atoms with Gasteiger partial charge >= 0.3 is 0 Å². The van der Waals surface area contributed by atoms with Crippen molar-refractivity contribution in [2.45, 2.75) is 46.5 Å². The van der Waals surface area contributed by atoms with Gasteiger partial charge in [-0.25, -0.2) is 0 Å². The normalized spacial score (nSPS) is 33.7. The molecule has 122 valence electrons. The van der Waals surface area contributed by atoms with E-state index in [1.807, 2.05) is 6.92 Å². The quantitative estimate of drug-likeness (QED) is 0.549. The Morgan fingerprint density at radius 1 is 1.13 bits per heavy atom. The molecule has 3 aliphatic carbocycles. The van der Waals surface area contributed by atoms with Gasteiger partial charge in [0.15, 0.2) is 11.6 Å². The van der Waals surface area contributed by atoms with Gasteiger partial charge in [0, 0.05) is 11.5 Å². The fourth-order valence-corrected chi connectivity index (χ4v) is 4.40. The summed E-state index contributed by atoms with van der Waals surface area (Å²) in [5.74, 6) is -0.764. The van der Waals surface area contributed by atoms with Crippen molar-refractivity contribution < 1.29 is 14.4 Å². The van der Waals surface area contributed by atoms with Gasteiger partial charge in [0.25, 0.3) is 0 Å². The van der Waals surface area contributed by atoms with Gasteiger partial charge in [-0.2, -0.15) is 0 Å². The maximum Gasteiger partial charge on any atom is 0.182 e. The highest BCUT2D eigenvalue weighted by molar-refractivity contribution is 6.19. The van der Waals surface area contributed by atoms with Gasteiger partial charge < -0.3 is 0 Å². The standard InChI is InChI=1S/C20H24O3/c1-12-6-8-16-14(5-4-10-20(16,2)3)18(19(12)23)15-11-13(21)7-9-17(15)22/h7-9,11-12,14,18H,4-6,10H2,1-3H3/t12-,14+,18+/m0/s1. The zero-order valence-electron chi connectivity index (χ0n) is 14.1. The number of rotatable bonds is 1. The summed E-state index contributed by atoms with van der Waals surface area (Å²) in [4.78, 5) is 37.1. The second kappa shape index (κ2) is 5.70. The van der Waals surface area contributed by atoms with E-state index in [1.165, 1.54) is 23.8 Å². The smallest absolute Gasteiger partial charge is 0.182 e. The summed E-state index contributed by atoms with van der Waals surface area (Å²) in [5, 5.41) is 0. The van der Waals surface area contributed by atoms with Crippen LogP contribution in [0.3, 0.4) is 0 Å². The Labute approximate surface area is 137 Å². The number of carbonyl (C=O) groups is 3. The molecule has 0 aromatic rings. The molecule has 3 rings (SSSR count). The Bertz CT molecular complexity index is 660. The Morgan fingerprint density at radius 3 is 2.61 bits per heavy atom. The van der Waals surface area contributed by atoms with Crippen molar-refractivity contribution in [3.63, 3.8) is 0 Å². The molecule has 0 unspecified atom stereocenters. The Balaban J connectivity index is 2.09. The lowest BCUT2D eigenvalue weighted by atomic mass is 9.62. The Kier molecular flexibility index (Phi) is 3.99. The molecule has 0 aromatic carbocycles. The molecule has 0 aliphatic heterocycles. The van der Waals surface area contributed by atoms with Crippen LogP contribution in [0.4, 0.5) is 0 Å². The van der Waals surface area contributed by atoms with Crippen molar-refractivity contribution in [2.75, 3.05) is 0 Å². The molecule has 0 saturated heterocycles. The third-order valence-corrected chi connectivity index (χ3v) is 5.70. The van der Waals surface area contributed by atoms with Crippen LogP contribution >= 0.6 is 0 Å². The molecule has 0 aromatic heterocycles. The van der Waals surface area contributed by atoms with Crippen molar-refractivity contribution in [1.82, 2.24) is 0 Å². The fourth-order valence-electron chi connectivity index (χ4n) is 4.40. The zero-order chi connectivity index (χ0) is 16.8. The second-order valence-corrected chi connectivity index (χ2v) is 7.76. The predicted molar refractivity (Wildman–Crippen MR) is 88.7 cm³/mol. The Hall–Kier alpha value is -1.77. The molecule has 0 amide bonds. The molecular formula is C20H24O3. The highest BCUT2D eigenvalue weighted by Gasteiger charge is 2.45. The van der Waals surface area contributed by atoms with Crippen LogP contribution in [0.15, 0.2) is 35.5 Å². The number of hydrogen-bond donors (Lipinski definition) is 0. The zero-order valence-corrected chi connectivity index (χ0v) is 14.1. The summed E-state index contributed by atoms with van der Waals surface area (Å²) < 4.78 is 0. The first-order valence-corrected chi connectivity index (χ1v) is 8.53. The Morgan fingerprint density at radius 2 is 1.87 bits per heavy atom. The number of hydrogen-bond acceptors (Lipinski definition) is 3. The lowest BCUT2D eigenvalue weighted by Crippen LogP contribution is -2.37. The number of fused-ring (bicyclic) bond motifs is 1.